The molecule has 0 fully saturated rings. The number of alkyl halides is 1. The Bertz CT molecular complexity index is 461. The molecule has 1 aromatic carbocycles. The van der Waals surface area contributed by atoms with E-state index in [4.69, 9.17) is 11.6 Å². The molecule has 0 radical (unpaired) electrons. The number of rotatable bonds is 5. The quantitative estimate of drug-likeness (QED) is 0.842. The molecule has 5 heteroatoms. The fourth-order valence-electron chi connectivity index (χ4n) is 1.74. The predicted octanol–water partition coefficient (Wildman–Crippen LogP) is 2.27. The Morgan fingerprint density at radius 1 is 1.37 bits per heavy atom. The number of carbonyl (C=O) groups is 2. The summed E-state index contributed by atoms with van der Waals surface area (Å²) in [5, 5.41) is 2.19. The summed E-state index contributed by atoms with van der Waals surface area (Å²) in [5.74, 6) is -0.491. The molecular formula is C14H19ClN2O2. The topological polar surface area (TPSA) is 49.4 Å². The number of nitrogens with zero attached hydrogens (tertiary/aromatic N) is 1. The van der Waals surface area contributed by atoms with Gasteiger partial charge in [-0.3, -0.25) is 9.59 Å². The van der Waals surface area contributed by atoms with E-state index in [1.165, 1.54) is 4.90 Å². The van der Waals surface area contributed by atoms with Crippen LogP contribution in [0.5, 0.6) is 0 Å². The highest BCUT2D eigenvalue weighted by atomic mass is 35.5. The SMILES string of the molecule is CCc1ccccc1NC(=O)CN(C)C(=O)[C@H](C)Cl. The standard InChI is InChI=1S/C14H19ClN2O2/c1-4-11-7-5-6-8-12(11)16-13(18)9-17(3)14(19)10(2)15/h5-8,10H,4,9H2,1-3H3,(H,16,18)/t10-/m0/s1. The number of hydrogen-bond acceptors (Lipinski definition) is 2. The second-order valence-electron chi connectivity index (χ2n) is 4.37. The monoisotopic (exact) mass is 282 g/mol. The number of para-hydroxylation sites is 1. The first-order valence-corrected chi connectivity index (χ1v) is 6.66. The fourth-order valence-corrected chi connectivity index (χ4v) is 1.90. The van der Waals surface area contributed by atoms with Crippen LogP contribution in [0.3, 0.4) is 0 Å². The van der Waals surface area contributed by atoms with E-state index in [0.29, 0.717) is 0 Å². The summed E-state index contributed by atoms with van der Waals surface area (Å²) >= 11 is 5.69. The molecule has 19 heavy (non-hydrogen) atoms. The molecule has 0 aromatic heterocycles. The van der Waals surface area contributed by atoms with Crippen molar-refractivity contribution in [2.45, 2.75) is 25.6 Å². The van der Waals surface area contributed by atoms with Gasteiger partial charge in [-0.25, -0.2) is 0 Å². The average Bonchev–Trinajstić information content (AvgIpc) is 2.38. The van der Waals surface area contributed by atoms with Gasteiger partial charge in [0.05, 0.1) is 6.54 Å². The van der Waals surface area contributed by atoms with Crippen molar-refractivity contribution in [2.75, 3.05) is 18.9 Å². The summed E-state index contributed by atoms with van der Waals surface area (Å²) in [6, 6.07) is 7.61. The second kappa shape index (κ2) is 7.14. The molecule has 0 saturated carbocycles. The maximum Gasteiger partial charge on any atom is 0.243 e. The van der Waals surface area contributed by atoms with Crippen molar-refractivity contribution < 1.29 is 9.59 Å². The minimum absolute atomic E-state index is 0.00601. The van der Waals surface area contributed by atoms with Crippen molar-refractivity contribution in [2.24, 2.45) is 0 Å². The van der Waals surface area contributed by atoms with Crippen LogP contribution in [0, 0.1) is 0 Å². The molecule has 1 N–H and O–H groups in total. The molecule has 0 unspecified atom stereocenters. The summed E-state index contributed by atoms with van der Waals surface area (Å²) in [4.78, 5) is 24.8. The predicted molar refractivity (Wildman–Crippen MR) is 77.4 cm³/mol. The zero-order valence-corrected chi connectivity index (χ0v) is 12.2. The van der Waals surface area contributed by atoms with E-state index in [1.54, 1.807) is 14.0 Å². The van der Waals surface area contributed by atoms with Gasteiger partial charge in [0.25, 0.3) is 0 Å². The highest BCUT2D eigenvalue weighted by Gasteiger charge is 2.17. The van der Waals surface area contributed by atoms with Crippen LogP contribution in [0.2, 0.25) is 0 Å². The van der Waals surface area contributed by atoms with Crippen LogP contribution in [0.25, 0.3) is 0 Å². The molecule has 0 spiro atoms. The first-order chi connectivity index (χ1) is 8.95. The van der Waals surface area contributed by atoms with Gasteiger partial charge >= 0.3 is 0 Å². The number of anilines is 1. The number of nitrogens with one attached hydrogen (secondary N) is 1. The van der Waals surface area contributed by atoms with E-state index in [1.807, 2.05) is 31.2 Å². The Morgan fingerprint density at radius 3 is 2.58 bits per heavy atom. The largest absolute Gasteiger partial charge is 0.335 e. The Labute approximate surface area is 118 Å². The number of halogens is 1. The van der Waals surface area contributed by atoms with Crippen LogP contribution in [-0.4, -0.2) is 35.7 Å². The lowest BCUT2D eigenvalue weighted by atomic mass is 10.1. The van der Waals surface area contributed by atoms with Gasteiger partial charge in [0.1, 0.15) is 5.38 Å². The lowest BCUT2D eigenvalue weighted by Crippen LogP contribution is -2.38. The highest BCUT2D eigenvalue weighted by molar-refractivity contribution is 6.30. The number of amides is 2. The molecule has 1 aromatic rings. The van der Waals surface area contributed by atoms with Gasteiger partial charge in [-0.1, -0.05) is 25.1 Å². The second-order valence-corrected chi connectivity index (χ2v) is 5.02. The van der Waals surface area contributed by atoms with Crippen LogP contribution in [0.1, 0.15) is 19.4 Å². The van der Waals surface area contributed by atoms with Gasteiger partial charge in [-0.15, -0.1) is 11.6 Å². The summed E-state index contributed by atoms with van der Waals surface area (Å²) < 4.78 is 0. The van der Waals surface area contributed by atoms with Gasteiger partial charge in [-0.05, 0) is 25.0 Å². The summed E-state index contributed by atoms with van der Waals surface area (Å²) in [6.45, 7) is 3.61. The Morgan fingerprint density at radius 2 is 2.00 bits per heavy atom. The molecule has 0 aliphatic heterocycles. The molecule has 0 aliphatic carbocycles. The first kappa shape index (κ1) is 15.5. The first-order valence-electron chi connectivity index (χ1n) is 6.22. The third-order valence-corrected chi connectivity index (χ3v) is 2.96. The van der Waals surface area contributed by atoms with Crippen molar-refractivity contribution in [3.05, 3.63) is 29.8 Å². The van der Waals surface area contributed by atoms with Crippen molar-refractivity contribution in [1.82, 2.24) is 4.90 Å². The zero-order valence-electron chi connectivity index (χ0n) is 11.4. The van der Waals surface area contributed by atoms with Gasteiger partial charge in [0, 0.05) is 12.7 Å². The lowest BCUT2D eigenvalue weighted by molar-refractivity contribution is -0.132. The molecule has 104 valence electrons. The number of benzene rings is 1. The van der Waals surface area contributed by atoms with Crippen molar-refractivity contribution in [1.29, 1.82) is 0 Å². The van der Waals surface area contributed by atoms with Crippen LogP contribution in [0.15, 0.2) is 24.3 Å². The molecule has 1 atom stereocenters. The Balaban J connectivity index is 2.63. The van der Waals surface area contributed by atoms with Crippen LogP contribution < -0.4 is 5.32 Å². The minimum atomic E-state index is -0.624. The average molecular weight is 283 g/mol. The minimum Gasteiger partial charge on any atom is -0.335 e. The molecule has 2 amide bonds. The van der Waals surface area contributed by atoms with E-state index in [0.717, 1.165) is 17.7 Å². The molecule has 4 nitrogen and oxygen atoms in total. The smallest absolute Gasteiger partial charge is 0.243 e. The maximum absolute atomic E-state index is 11.9. The Kier molecular flexibility index (Phi) is 5.83. The van der Waals surface area contributed by atoms with Gasteiger partial charge in [0.15, 0.2) is 0 Å². The van der Waals surface area contributed by atoms with Crippen LogP contribution >= 0.6 is 11.6 Å². The molecular weight excluding hydrogens is 264 g/mol. The Hall–Kier alpha value is -1.55. The number of aryl methyl sites for hydroxylation is 1. The van der Waals surface area contributed by atoms with E-state index in [9.17, 15) is 9.59 Å². The molecule has 0 aliphatic rings. The van der Waals surface area contributed by atoms with Gasteiger partial charge < -0.3 is 10.2 Å². The summed E-state index contributed by atoms with van der Waals surface area (Å²) in [5.41, 5.74) is 1.85. The van der Waals surface area contributed by atoms with Crippen LogP contribution in [0.4, 0.5) is 5.69 Å². The number of likely N-dealkylation sites (N-methyl/N-ethyl adjacent to an activating group) is 1. The summed E-state index contributed by atoms with van der Waals surface area (Å²) in [7, 11) is 1.56. The van der Waals surface area contributed by atoms with E-state index in [-0.39, 0.29) is 18.4 Å². The fraction of sp³-hybridized carbons (Fsp3) is 0.429. The molecule has 0 saturated heterocycles. The van der Waals surface area contributed by atoms with Crippen molar-refractivity contribution in [3.8, 4) is 0 Å². The number of carbonyl (C=O) groups excluding carboxylic acids is 2. The van der Waals surface area contributed by atoms with E-state index in [2.05, 4.69) is 5.32 Å². The molecule has 0 heterocycles. The third-order valence-electron chi connectivity index (χ3n) is 2.77. The van der Waals surface area contributed by atoms with Crippen molar-refractivity contribution in [3.63, 3.8) is 0 Å². The summed E-state index contributed by atoms with van der Waals surface area (Å²) in [6.07, 6.45) is 0.837. The molecule has 1 rings (SSSR count). The zero-order chi connectivity index (χ0) is 14.4. The van der Waals surface area contributed by atoms with Crippen molar-refractivity contribution >= 4 is 29.1 Å². The van der Waals surface area contributed by atoms with E-state index < -0.39 is 5.38 Å². The third kappa shape index (κ3) is 4.56. The van der Waals surface area contributed by atoms with E-state index >= 15 is 0 Å². The highest BCUT2D eigenvalue weighted by Crippen LogP contribution is 2.15. The van der Waals surface area contributed by atoms with Gasteiger partial charge in [-0.2, -0.15) is 0 Å². The lowest BCUT2D eigenvalue weighted by Gasteiger charge is -2.18. The molecule has 0 bridgehead atoms. The van der Waals surface area contributed by atoms with Gasteiger partial charge in [0.2, 0.25) is 11.8 Å². The van der Waals surface area contributed by atoms with Crippen LogP contribution in [-0.2, 0) is 16.0 Å². The normalized spacial score (nSPS) is 11.8. The maximum atomic E-state index is 11.9. The number of hydrogen-bond donors (Lipinski definition) is 1.